The molecular formula is C12H27NO3S. The highest BCUT2D eigenvalue weighted by molar-refractivity contribution is 7.85. The molecule has 1 atom stereocenters. The Kier molecular flexibility index (Phi) is 12.0. The Bertz CT molecular complexity index is 273. The minimum Gasteiger partial charge on any atom is -0.305 e. The predicted molar refractivity (Wildman–Crippen MR) is 73.9 cm³/mol. The van der Waals surface area contributed by atoms with Crippen LogP contribution >= 0.6 is 0 Å². The molecule has 0 heterocycles. The molecule has 17 heavy (non-hydrogen) atoms. The quantitative estimate of drug-likeness (QED) is 0.437. The molecule has 0 aromatic heterocycles. The van der Waals surface area contributed by atoms with Crippen molar-refractivity contribution in [3.63, 3.8) is 0 Å². The van der Waals surface area contributed by atoms with Crippen molar-refractivity contribution in [2.45, 2.75) is 45.6 Å². The smallest absolute Gasteiger partial charge is 0.266 e. The molecule has 0 aliphatic carbocycles. The van der Waals surface area contributed by atoms with E-state index in [2.05, 4.69) is 13.5 Å². The van der Waals surface area contributed by atoms with Gasteiger partial charge >= 0.3 is 0 Å². The first-order valence-corrected chi connectivity index (χ1v) is 7.58. The molecule has 5 heteroatoms. The van der Waals surface area contributed by atoms with Crippen molar-refractivity contribution in [1.29, 1.82) is 0 Å². The lowest BCUT2D eigenvalue weighted by Gasteiger charge is -2.22. The molecule has 0 rings (SSSR count). The molecule has 0 aliphatic heterocycles. The van der Waals surface area contributed by atoms with Gasteiger partial charge in [-0.05, 0) is 27.4 Å². The summed E-state index contributed by atoms with van der Waals surface area (Å²) in [6, 6.07) is -0.0726. The van der Waals surface area contributed by atoms with Crippen molar-refractivity contribution in [3.8, 4) is 0 Å². The Hall–Kier alpha value is -0.390. The van der Waals surface area contributed by atoms with Crippen molar-refractivity contribution in [2.75, 3.05) is 19.8 Å². The average molecular weight is 265 g/mol. The summed E-state index contributed by atoms with van der Waals surface area (Å²) < 4.78 is 30.2. The molecule has 0 aliphatic rings. The van der Waals surface area contributed by atoms with Crippen LogP contribution in [0.15, 0.2) is 12.7 Å². The zero-order valence-electron chi connectivity index (χ0n) is 11.5. The van der Waals surface area contributed by atoms with E-state index in [4.69, 9.17) is 4.55 Å². The van der Waals surface area contributed by atoms with Crippen LogP contribution in [-0.4, -0.2) is 43.8 Å². The molecule has 0 amide bonds. The molecule has 0 radical (unpaired) electrons. The van der Waals surface area contributed by atoms with E-state index in [-0.39, 0.29) is 11.8 Å². The fourth-order valence-corrected chi connectivity index (χ4v) is 2.31. The molecule has 0 aromatic rings. The maximum absolute atomic E-state index is 10.7. The molecule has 4 nitrogen and oxygen atoms in total. The molecule has 0 fully saturated rings. The van der Waals surface area contributed by atoms with E-state index in [1.54, 1.807) is 6.08 Å². The summed E-state index contributed by atoms with van der Waals surface area (Å²) in [5.74, 6) is -0.163. The summed E-state index contributed by atoms with van der Waals surface area (Å²) in [6.07, 6.45) is 5.80. The summed E-state index contributed by atoms with van der Waals surface area (Å²) in [7, 11) is -0.177. The van der Waals surface area contributed by atoms with Gasteiger partial charge in [-0.25, -0.2) is 0 Å². The molecular weight excluding hydrogens is 238 g/mol. The largest absolute Gasteiger partial charge is 0.305 e. The molecule has 1 N–H and O–H groups in total. The van der Waals surface area contributed by atoms with Gasteiger partial charge in [0.15, 0.2) is 0 Å². The fraction of sp³-hybridized carbons (Fsp3) is 0.833. The van der Waals surface area contributed by atoms with Crippen LogP contribution in [0, 0.1) is 0 Å². The van der Waals surface area contributed by atoms with Crippen LogP contribution in [0.1, 0.15) is 39.5 Å². The van der Waals surface area contributed by atoms with E-state index in [1.807, 2.05) is 25.9 Å². The number of hydrogen-bond donors (Lipinski definition) is 1. The second-order valence-electron chi connectivity index (χ2n) is 4.27. The normalized spacial score (nSPS) is 12.8. The number of nitrogens with zero attached hydrogens (tertiary/aromatic N) is 1. The van der Waals surface area contributed by atoms with Crippen LogP contribution in [-0.2, 0) is 10.1 Å². The van der Waals surface area contributed by atoms with E-state index < -0.39 is 10.1 Å². The van der Waals surface area contributed by atoms with Gasteiger partial charge < -0.3 is 4.90 Å². The Balaban J connectivity index is 0. The van der Waals surface area contributed by atoms with Gasteiger partial charge in [0.1, 0.15) is 0 Å². The lowest BCUT2D eigenvalue weighted by atomic mass is 10.1. The SMILES string of the molecule is C=CC.CCCCCC(CS(=O)(=O)O)N(C)C. The molecule has 1 unspecified atom stereocenters. The zero-order chi connectivity index (χ0) is 13.9. The molecule has 0 spiro atoms. The van der Waals surface area contributed by atoms with Gasteiger partial charge in [0.25, 0.3) is 10.1 Å². The minimum absolute atomic E-state index is 0.0726. The molecule has 0 saturated heterocycles. The highest BCUT2D eigenvalue weighted by Gasteiger charge is 2.18. The molecule has 0 aromatic carbocycles. The number of allylic oxidation sites excluding steroid dienone is 1. The van der Waals surface area contributed by atoms with Gasteiger partial charge in [-0.1, -0.05) is 32.3 Å². The Morgan fingerprint density at radius 3 is 2.12 bits per heavy atom. The third-order valence-electron chi connectivity index (χ3n) is 2.27. The van der Waals surface area contributed by atoms with E-state index in [9.17, 15) is 8.42 Å². The van der Waals surface area contributed by atoms with Gasteiger partial charge in [0.05, 0.1) is 5.75 Å². The first-order chi connectivity index (χ1) is 7.78. The van der Waals surface area contributed by atoms with Gasteiger partial charge in [-0.15, -0.1) is 6.58 Å². The summed E-state index contributed by atoms with van der Waals surface area (Å²) in [5, 5.41) is 0. The topological polar surface area (TPSA) is 57.6 Å². The van der Waals surface area contributed by atoms with Crippen molar-refractivity contribution in [3.05, 3.63) is 12.7 Å². The van der Waals surface area contributed by atoms with Crippen molar-refractivity contribution >= 4 is 10.1 Å². The number of rotatable bonds is 7. The van der Waals surface area contributed by atoms with Crippen LogP contribution < -0.4 is 0 Å². The lowest BCUT2D eigenvalue weighted by molar-refractivity contribution is 0.289. The number of hydrogen-bond acceptors (Lipinski definition) is 3. The summed E-state index contributed by atoms with van der Waals surface area (Å²) in [6.45, 7) is 7.35. The monoisotopic (exact) mass is 265 g/mol. The Morgan fingerprint density at radius 1 is 1.35 bits per heavy atom. The van der Waals surface area contributed by atoms with Crippen LogP contribution in [0.4, 0.5) is 0 Å². The van der Waals surface area contributed by atoms with Crippen LogP contribution in [0.2, 0.25) is 0 Å². The first-order valence-electron chi connectivity index (χ1n) is 5.97. The van der Waals surface area contributed by atoms with E-state index in [0.29, 0.717) is 0 Å². The van der Waals surface area contributed by atoms with Crippen molar-refractivity contribution < 1.29 is 13.0 Å². The second kappa shape index (κ2) is 10.7. The van der Waals surface area contributed by atoms with Crippen LogP contribution in [0.5, 0.6) is 0 Å². The Labute approximate surface area is 106 Å². The fourth-order valence-electron chi connectivity index (χ4n) is 1.36. The maximum atomic E-state index is 10.7. The first kappa shape index (κ1) is 19.0. The number of unbranched alkanes of at least 4 members (excludes halogenated alkanes) is 2. The van der Waals surface area contributed by atoms with Crippen molar-refractivity contribution in [2.24, 2.45) is 0 Å². The van der Waals surface area contributed by atoms with Crippen LogP contribution in [0.25, 0.3) is 0 Å². The molecule has 104 valence electrons. The second-order valence-corrected chi connectivity index (χ2v) is 5.77. The third-order valence-corrected chi connectivity index (χ3v) is 3.08. The summed E-state index contributed by atoms with van der Waals surface area (Å²) in [5.41, 5.74) is 0. The lowest BCUT2D eigenvalue weighted by Crippen LogP contribution is -2.34. The third kappa shape index (κ3) is 15.6. The molecule has 0 saturated carbocycles. The summed E-state index contributed by atoms with van der Waals surface area (Å²) >= 11 is 0. The highest BCUT2D eigenvalue weighted by atomic mass is 32.2. The van der Waals surface area contributed by atoms with Gasteiger partial charge in [0, 0.05) is 6.04 Å². The standard InChI is InChI=1S/C9H21NO3S.C3H6/c1-4-5-6-7-9(10(2)3)8-14(11,12)13;1-3-2/h9H,4-8H2,1-3H3,(H,11,12,13);3H,1H2,2H3. The highest BCUT2D eigenvalue weighted by Crippen LogP contribution is 2.09. The minimum atomic E-state index is -3.85. The Morgan fingerprint density at radius 2 is 1.82 bits per heavy atom. The van der Waals surface area contributed by atoms with Gasteiger partial charge in [-0.2, -0.15) is 8.42 Å². The predicted octanol–water partition coefficient (Wildman–Crippen LogP) is 2.58. The summed E-state index contributed by atoms with van der Waals surface area (Å²) in [4.78, 5) is 1.85. The van der Waals surface area contributed by atoms with Crippen LogP contribution in [0.3, 0.4) is 0 Å². The van der Waals surface area contributed by atoms with Crippen molar-refractivity contribution in [1.82, 2.24) is 4.90 Å². The zero-order valence-corrected chi connectivity index (χ0v) is 12.3. The van der Waals surface area contributed by atoms with E-state index in [0.717, 1.165) is 25.7 Å². The van der Waals surface area contributed by atoms with E-state index >= 15 is 0 Å². The van der Waals surface area contributed by atoms with Gasteiger partial charge in [0.2, 0.25) is 0 Å². The van der Waals surface area contributed by atoms with E-state index in [1.165, 1.54) is 0 Å². The molecule has 0 bridgehead atoms. The van der Waals surface area contributed by atoms with Gasteiger partial charge in [-0.3, -0.25) is 4.55 Å². The average Bonchev–Trinajstić information content (AvgIpc) is 2.15. The maximum Gasteiger partial charge on any atom is 0.266 e.